The molecule has 0 bridgehead atoms. The molecule has 2 aromatic carbocycles. The van der Waals surface area contributed by atoms with Gasteiger partial charge in [0.15, 0.2) is 5.96 Å². The minimum absolute atomic E-state index is 0. The van der Waals surface area contributed by atoms with Crippen molar-refractivity contribution in [3.8, 4) is 11.5 Å². The van der Waals surface area contributed by atoms with Gasteiger partial charge in [0.05, 0.1) is 12.8 Å². The van der Waals surface area contributed by atoms with Crippen LogP contribution in [-0.2, 0) is 6.42 Å². The zero-order valence-corrected chi connectivity index (χ0v) is 20.0. The molecule has 1 unspecified atom stereocenters. The van der Waals surface area contributed by atoms with Gasteiger partial charge in [0.25, 0.3) is 0 Å². The van der Waals surface area contributed by atoms with Gasteiger partial charge >= 0.3 is 6.61 Å². The molecule has 1 atom stereocenters. The summed E-state index contributed by atoms with van der Waals surface area (Å²) in [5.74, 6) is 1.78. The van der Waals surface area contributed by atoms with E-state index in [1.165, 1.54) is 5.56 Å². The molecule has 2 aromatic rings. The number of anilines is 1. The fourth-order valence-corrected chi connectivity index (χ4v) is 3.52. The van der Waals surface area contributed by atoms with Gasteiger partial charge < -0.3 is 25.0 Å². The second kappa shape index (κ2) is 12.5. The quantitative estimate of drug-likeness (QED) is 0.299. The number of aliphatic imine (C=N–C) groups is 1. The van der Waals surface area contributed by atoms with Crippen LogP contribution in [0.1, 0.15) is 12.0 Å². The summed E-state index contributed by atoms with van der Waals surface area (Å²) in [5.41, 5.74) is 1.89. The van der Waals surface area contributed by atoms with E-state index in [-0.39, 0.29) is 35.8 Å². The van der Waals surface area contributed by atoms with Crippen molar-refractivity contribution < 1.29 is 18.3 Å². The zero-order chi connectivity index (χ0) is 21.3. The number of nitrogens with one attached hydrogen (secondary N) is 2. The van der Waals surface area contributed by atoms with Crippen molar-refractivity contribution in [2.45, 2.75) is 25.5 Å². The summed E-state index contributed by atoms with van der Waals surface area (Å²) in [6.45, 7) is -0.656. The molecule has 0 aliphatic carbocycles. The van der Waals surface area contributed by atoms with Crippen LogP contribution in [0.25, 0.3) is 0 Å². The Balaban J connectivity index is 0.00000341. The minimum atomic E-state index is -2.84. The van der Waals surface area contributed by atoms with Gasteiger partial charge in [-0.3, -0.25) is 4.99 Å². The van der Waals surface area contributed by atoms with Crippen molar-refractivity contribution in [2.24, 2.45) is 4.99 Å². The normalized spacial score (nSPS) is 16.1. The van der Waals surface area contributed by atoms with Crippen LogP contribution in [0.3, 0.4) is 0 Å². The average Bonchev–Trinajstić information content (AvgIpc) is 3.21. The zero-order valence-electron chi connectivity index (χ0n) is 17.7. The van der Waals surface area contributed by atoms with E-state index in [1.54, 1.807) is 26.3 Å². The van der Waals surface area contributed by atoms with E-state index < -0.39 is 6.61 Å². The molecular formula is C22H29F2IN4O2. The number of alkyl halides is 2. The maximum absolute atomic E-state index is 12.7. The van der Waals surface area contributed by atoms with Gasteiger partial charge in [0, 0.05) is 32.7 Å². The van der Waals surface area contributed by atoms with E-state index in [9.17, 15) is 8.78 Å². The fraction of sp³-hybridized carbons (Fsp3) is 0.409. The summed E-state index contributed by atoms with van der Waals surface area (Å²) in [4.78, 5) is 6.35. The smallest absolute Gasteiger partial charge is 0.387 e. The Morgan fingerprint density at radius 2 is 1.94 bits per heavy atom. The second-order valence-electron chi connectivity index (χ2n) is 7.02. The first-order valence-electron chi connectivity index (χ1n) is 9.98. The van der Waals surface area contributed by atoms with Crippen LogP contribution in [-0.4, -0.2) is 52.4 Å². The molecule has 31 heavy (non-hydrogen) atoms. The SMILES string of the molecule is CN=C(NCCc1ccc(OC)cc1)NC1CCN(c2ccccc2OC(F)F)C1.I. The first kappa shape index (κ1) is 25.0. The number of rotatable bonds is 8. The third-order valence-corrected chi connectivity index (χ3v) is 5.04. The van der Waals surface area contributed by atoms with Crippen LogP contribution in [0.2, 0.25) is 0 Å². The van der Waals surface area contributed by atoms with E-state index >= 15 is 0 Å². The van der Waals surface area contributed by atoms with Gasteiger partial charge in [0.1, 0.15) is 11.5 Å². The molecule has 0 spiro atoms. The molecule has 0 amide bonds. The predicted octanol–water partition coefficient (Wildman–Crippen LogP) is 3.90. The van der Waals surface area contributed by atoms with E-state index in [2.05, 4.69) is 25.3 Å². The summed E-state index contributed by atoms with van der Waals surface area (Å²) in [5, 5.41) is 6.75. The third-order valence-electron chi connectivity index (χ3n) is 5.04. The minimum Gasteiger partial charge on any atom is -0.497 e. The molecule has 1 saturated heterocycles. The molecule has 0 aromatic heterocycles. The Morgan fingerprint density at radius 1 is 1.19 bits per heavy atom. The Kier molecular flexibility index (Phi) is 10.1. The van der Waals surface area contributed by atoms with Crippen molar-refractivity contribution in [2.75, 3.05) is 38.7 Å². The highest BCUT2D eigenvalue weighted by Gasteiger charge is 2.26. The Morgan fingerprint density at radius 3 is 2.61 bits per heavy atom. The number of halogens is 3. The molecule has 1 fully saturated rings. The maximum Gasteiger partial charge on any atom is 0.387 e. The van der Waals surface area contributed by atoms with Crippen LogP contribution < -0.4 is 25.0 Å². The number of methoxy groups -OCH3 is 1. The summed E-state index contributed by atoms with van der Waals surface area (Å²) >= 11 is 0. The van der Waals surface area contributed by atoms with Crippen molar-refractivity contribution in [1.82, 2.24) is 10.6 Å². The molecule has 1 aliphatic rings. The first-order valence-corrected chi connectivity index (χ1v) is 9.98. The van der Waals surface area contributed by atoms with Gasteiger partial charge in [-0.2, -0.15) is 8.78 Å². The largest absolute Gasteiger partial charge is 0.497 e. The van der Waals surface area contributed by atoms with Gasteiger partial charge in [-0.05, 0) is 42.7 Å². The number of hydrogen-bond donors (Lipinski definition) is 2. The lowest BCUT2D eigenvalue weighted by molar-refractivity contribution is -0.0495. The molecular weight excluding hydrogens is 517 g/mol. The molecule has 2 N–H and O–H groups in total. The third kappa shape index (κ3) is 7.41. The van der Waals surface area contributed by atoms with Crippen LogP contribution in [0, 0.1) is 0 Å². The molecule has 0 radical (unpaired) electrons. The number of guanidine groups is 1. The number of benzene rings is 2. The number of nitrogens with zero attached hydrogens (tertiary/aromatic N) is 2. The lowest BCUT2D eigenvalue weighted by Gasteiger charge is -2.22. The lowest BCUT2D eigenvalue weighted by atomic mass is 10.1. The van der Waals surface area contributed by atoms with Crippen molar-refractivity contribution in [1.29, 1.82) is 0 Å². The summed E-state index contributed by atoms with van der Waals surface area (Å²) < 4.78 is 35.2. The van der Waals surface area contributed by atoms with Crippen molar-refractivity contribution in [3.63, 3.8) is 0 Å². The lowest BCUT2D eigenvalue weighted by Crippen LogP contribution is -2.45. The number of ether oxygens (including phenoxy) is 2. The maximum atomic E-state index is 12.7. The highest BCUT2D eigenvalue weighted by Crippen LogP contribution is 2.31. The Bertz CT molecular complexity index is 837. The topological polar surface area (TPSA) is 58.1 Å². The van der Waals surface area contributed by atoms with Crippen molar-refractivity contribution in [3.05, 3.63) is 54.1 Å². The van der Waals surface area contributed by atoms with E-state index in [0.717, 1.165) is 37.6 Å². The van der Waals surface area contributed by atoms with E-state index in [1.807, 2.05) is 36.4 Å². The standard InChI is InChI=1S/C22H28F2N4O2.HI/c1-25-22(26-13-11-16-7-9-18(29-2)10-8-16)27-17-12-14-28(15-17)19-5-3-4-6-20(19)30-21(23)24;/h3-10,17,21H,11-15H2,1-2H3,(H2,25,26,27);1H. The highest BCUT2D eigenvalue weighted by atomic mass is 127. The van der Waals surface area contributed by atoms with Gasteiger partial charge in [-0.1, -0.05) is 24.3 Å². The predicted molar refractivity (Wildman–Crippen MR) is 130 cm³/mol. The van der Waals surface area contributed by atoms with Gasteiger partial charge in [0.2, 0.25) is 0 Å². The van der Waals surface area contributed by atoms with Crippen LogP contribution >= 0.6 is 24.0 Å². The molecule has 1 heterocycles. The first-order chi connectivity index (χ1) is 14.6. The van der Waals surface area contributed by atoms with Crippen molar-refractivity contribution >= 4 is 35.6 Å². The number of hydrogen-bond acceptors (Lipinski definition) is 4. The molecule has 170 valence electrons. The van der Waals surface area contributed by atoms with Gasteiger partial charge in [-0.15, -0.1) is 24.0 Å². The Hall–Kier alpha value is -2.30. The van der Waals surface area contributed by atoms with E-state index in [0.29, 0.717) is 12.2 Å². The van der Waals surface area contributed by atoms with Crippen LogP contribution in [0.4, 0.5) is 14.5 Å². The monoisotopic (exact) mass is 546 g/mol. The highest BCUT2D eigenvalue weighted by molar-refractivity contribution is 14.0. The van der Waals surface area contributed by atoms with Crippen LogP contribution in [0.5, 0.6) is 11.5 Å². The average molecular weight is 546 g/mol. The molecule has 6 nitrogen and oxygen atoms in total. The summed E-state index contributed by atoms with van der Waals surface area (Å²) in [6, 6.07) is 15.1. The molecule has 0 saturated carbocycles. The fourth-order valence-electron chi connectivity index (χ4n) is 3.52. The summed E-state index contributed by atoms with van der Waals surface area (Å²) in [6.07, 6.45) is 1.74. The Labute approximate surface area is 199 Å². The number of para-hydroxylation sites is 2. The molecule has 3 rings (SSSR count). The molecule has 1 aliphatic heterocycles. The second-order valence-corrected chi connectivity index (χ2v) is 7.02. The van der Waals surface area contributed by atoms with Crippen LogP contribution in [0.15, 0.2) is 53.5 Å². The molecule has 9 heteroatoms. The summed E-state index contributed by atoms with van der Waals surface area (Å²) in [7, 11) is 3.39. The van der Waals surface area contributed by atoms with E-state index in [4.69, 9.17) is 4.74 Å². The van der Waals surface area contributed by atoms with Gasteiger partial charge in [-0.25, -0.2) is 0 Å².